The third-order valence-electron chi connectivity index (χ3n) is 4.63. The quantitative estimate of drug-likeness (QED) is 0.485. The van der Waals surface area contributed by atoms with Crippen molar-refractivity contribution >= 4 is 0 Å². The van der Waals surface area contributed by atoms with Crippen molar-refractivity contribution in [1.29, 1.82) is 0 Å². The molecule has 0 aromatic rings. The summed E-state index contributed by atoms with van der Waals surface area (Å²) in [5.74, 6) is 0.451. The van der Waals surface area contributed by atoms with E-state index in [1.54, 1.807) is 0 Å². The van der Waals surface area contributed by atoms with E-state index >= 15 is 0 Å². The molecule has 1 atom stereocenters. The zero-order valence-corrected chi connectivity index (χ0v) is 15.1. The molecule has 1 unspecified atom stereocenters. The Morgan fingerprint density at radius 1 is 1.05 bits per heavy atom. The van der Waals surface area contributed by atoms with Gasteiger partial charge in [-0.25, -0.2) is 0 Å². The molecule has 0 heteroatoms. The fourth-order valence-corrected chi connectivity index (χ4v) is 2.60. The van der Waals surface area contributed by atoms with E-state index in [9.17, 15) is 0 Å². The van der Waals surface area contributed by atoms with Crippen LogP contribution in [0.3, 0.4) is 0 Å². The zero-order valence-electron chi connectivity index (χ0n) is 15.1. The van der Waals surface area contributed by atoms with Crippen molar-refractivity contribution in [2.75, 3.05) is 0 Å². The van der Waals surface area contributed by atoms with Crippen LogP contribution in [0.4, 0.5) is 0 Å². The molecule has 0 fully saturated rings. The lowest BCUT2D eigenvalue weighted by Gasteiger charge is -2.22. The first kappa shape index (κ1) is 18.2. The Morgan fingerprint density at radius 2 is 1.68 bits per heavy atom. The highest BCUT2D eigenvalue weighted by atomic mass is 14.2. The molecule has 0 saturated carbocycles. The monoisotopic (exact) mass is 294 g/mol. The largest absolute Gasteiger partial charge is 0.0984 e. The normalized spacial score (nSPS) is 19.7. The van der Waals surface area contributed by atoms with Gasteiger partial charge in [-0.15, -0.1) is 0 Å². The van der Waals surface area contributed by atoms with Crippen LogP contribution in [0.5, 0.6) is 0 Å². The van der Waals surface area contributed by atoms with Gasteiger partial charge in [0.2, 0.25) is 0 Å². The van der Waals surface area contributed by atoms with Gasteiger partial charge in [-0.1, -0.05) is 71.4 Å². The number of hydrogen-bond donors (Lipinski definition) is 0. The SMILES string of the molecule is C=CC(=CC(C)=C(C)C)C(C=C)=C(C)C1C=C(C)C(C)=CC1. The maximum Gasteiger partial charge on any atom is 0.00237 e. The third-order valence-corrected chi connectivity index (χ3v) is 4.63. The summed E-state index contributed by atoms with van der Waals surface area (Å²) in [5, 5.41) is 0. The topological polar surface area (TPSA) is 0 Å². The van der Waals surface area contributed by atoms with Gasteiger partial charge in [0.15, 0.2) is 0 Å². The van der Waals surface area contributed by atoms with Gasteiger partial charge in [-0.3, -0.25) is 0 Å². The van der Waals surface area contributed by atoms with Gasteiger partial charge in [0.1, 0.15) is 0 Å². The summed E-state index contributed by atoms with van der Waals surface area (Å²) in [5.41, 5.74) is 9.11. The van der Waals surface area contributed by atoms with Crippen molar-refractivity contribution in [3.05, 3.63) is 82.5 Å². The fraction of sp³-hybridized carbons (Fsp3) is 0.364. The molecule has 1 aliphatic carbocycles. The molecule has 0 saturated heterocycles. The van der Waals surface area contributed by atoms with Gasteiger partial charge in [-0.2, -0.15) is 0 Å². The standard InChI is InChI=1S/C22H30/c1-9-20(13-17(6)15(3)4)22(10-2)19(8)21-12-11-16(5)18(7)14-21/h9-11,13-14,21H,1-2,12H2,3-8H3. The smallest absolute Gasteiger partial charge is 0.00237 e. The van der Waals surface area contributed by atoms with Crippen molar-refractivity contribution in [3.8, 4) is 0 Å². The van der Waals surface area contributed by atoms with Crippen LogP contribution in [0.2, 0.25) is 0 Å². The Hall–Kier alpha value is -1.82. The average molecular weight is 294 g/mol. The van der Waals surface area contributed by atoms with Crippen LogP contribution >= 0.6 is 0 Å². The van der Waals surface area contributed by atoms with E-state index in [-0.39, 0.29) is 0 Å². The van der Waals surface area contributed by atoms with Crippen LogP contribution in [-0.4, -0.2) is 0 Å². The summed E-state index contributed by atoms with van der Waals surface area (Å²) < 4.78 is 0. The summed E-state index contributed by atoms with van der Waals surface area (Å²) >= 11 is 0. The number of hydrogen-bond acceptors (Lipinski definition) is 0. The summed E-state index contributed by atoms with van der Waals surface area (Å²) in [6, 6.07) is 0. The van der Waals surface area contributed by atoms with E-state index in [0.29, 0.717) is 5.92 Å². The second kappa shape index (κ2) is 7.98. The van der Waals surface area contributed by atoms with Gasteiger partial charge in [-0.05, 0) is 59.1 Å². The molecule has 0 aromatic carbocycles. The lowest BCUT2D eigenvalue weighted by Crippen LogP contribution is -2.06. The Labute approximate surface area is 137 Å². The molecule has 0 bridgehead atoms. The Kier molecular flexibility index (Phi) is 6.61. The number of allylic oxidation sites excluding steroid dienone is 12. The van der Waals surface area contributed by atoms with Crippen LogP contribution in [-0.2, 0) is 0 Å². The molecule has 1 rings (SSSR count). The minimum absolute atomic E-state index is 0.451. The fourth-order valence-electron chi connectivity index (χ4n) is 2.60. The maximum atomic E-state index is 4.03. The van der Waals surface area contributed by atoms with Crippen LogP contribution < -0.4 is 0 Å². The molecular weight excluding hydrogens is 264 g/mol. The highest BCUT2D eigenvalue weighted by Crippen LogP contribution is 2.32. The number of rotatable bonds is 5. The van der Waals surface area contributed by atoms with Gasteiger partial charge >= 0.3 is 0 Å². The van der Waals surface area contributed by atoms with E-state index in [4.69, 9.17) is 0 Å². The van der Waals surface area contributed by atoms with Crippen molar-refractivity contribution in [3.63, 3.8) is 0 Å². The van der Waals surface area contributed by atoms with E-state index in [0.717, 1.165) is 12.0 Å². The minimum Gasteiger partial charge on any atom is -0.0984 e. The third kappa shape index (κ3) is 4.34. The van der Waals surface area contributed by atoms with Crippen molar-refractivity contribution in [2.45, 2.75) is 48.0 Å². The molecule has 0 aliphatic heterocycles. The first-order chi connectivity index (χ1) is 10.3. The average Bonchev–Trinajstić information content (AvgIpc) is 2.49. The Bertz CT molecular complexity index is 608. The maximum absolute atomic E-state index is 4.03. The lowest BCUT2D eigenvalue weighted by molar-refractivity contribution is 0.745. The second-order valence-corrected chi connectivity index (χ2v) is 6.37. The molecule has 0 nitrogen and oxygen atoms in total. The molecule has 1 aliphatic rings. The zero-order chi connectivity index (χ0) is 16.9. The van der Waals surface area contributed by atoms with Crippen molar-refractivity contribution < 1.29 is 0 Å². The van der Waals surface area contributed by atoms with Crippen LogP contribution in [0.25, 0.3) is 0 Å². The molecule has 0 aromatic heterocycles. The van der Waals surface area contributed by atoms with E-state index in [1.807, 2.05) is 12.2 Å². The van der Waals surface area contributed by atoms with E-state index in [1.165, 1.54) is 33.4 Å². The summed E-state index contributed by atoms with van der Waals surface area (Å²) in [4.78, 5) is 0. The first-order valence-electron chi connectivity index (χ1n) is 7.99. The molecule has 0 radical (unpaired) electrons. The summed E-state index contributed by atoms with van der Waals surface area (Å²) in [6.07, 6.45) is 11.9. The highest BCUT2D eigenvalue weighted by molar-refractivity contribution is 5.52. The first-order valence-corrected chi connectivity index (χ1v) is 7.99. The van der Waals surface area contributed by atoms with Crippen molar-refractivity contribution in [2.24, 2.45) is 5.92 Å². The Balaban J connectivity index is 3.31. The van der Waals surface area contributed by atoms with Gasteiger partial charge in [0, 0.05) is 5.92 Å². The Morgan fingerprint density at radius 3 is 2.14 bits per heavy atom. The van der Waals surface area contributed by atoms with Crippen LogP contribution in [0.15, 0.2) is 82.5 Å². The molecule has 118 valence electrons. The van der Waals surface area contributed by atoms with Gasteiger partial charge in [0.05, 0.1) is 0 Å². The molecule has 0 N–H and O–H groups in total. The van der Waals surface area contributed by atoms with Crippen molar-refractivity contribution in [1.82, 2.24) is 0 Å². The summed E-state index contributed by atoms with van der Waals surface area (Å²) in [7, 11) is 0. The summed E-state index contributed by atoms with van der Waals surface area (Å²) in [6.45, 7) is 21.0. The second-order valence-electron chi connectivity index (χ2n) is 6.37. The molecular formula is C22H30. The molecule has 0 spiro atoms. The predicted octanol–water partition coefficient (Wildman–Crippen LogP) is 6.87. The lowest BCUT2D eigenvalue weighted by atomic mass is 9.83. The van der Waals surface area contributed by atoms with Gasteiger partial charge in [0.25, 0.3) is 0 Å². The van der Waals surface area contributed by atoms with Gasteiger partial charge < -0.3 is 0 Å². The predicted molar refractivity (Wildman–Crippen MR) is 101 cm³/mol. The van der Waals surface area contributed by atoms with E-state index < -0.39 is 0 Å². The van der Waals surface area contributed by atoms with E-state index in [2.05, 4.69) is 72.9 Å². The molecule has 22 heavy (non-hydrogen) atoms. The highest BCUT2D eigenvalue weighted by Gasteiger charge is 2.15. The minimum atomic E-state index is 0.451. The molecule has 0 amide bonds. The van der Waals surface area contributed by atoms with Crippen LogP contribution in [0.1, 0.15) is 48.0 Å². The molecule has 0 heterocycles. The van der Waals surface area contributed by atoms with Crippen LogP contribution in [0, 0.1) is 5.92 Å².